The Bertz CT molecular complexity index is 2010. The number of aliphatic carboxylic acids is 2. The Labute approximate surface area is 363 Å². The molecule has 0 saturated carbocycles. The average molecular weight is 883 g/mol. The quantitative estimate of drug-likeness (QED) is 0.0371. The van der Waals surface area contributed by atoms with E-state index < -0.39 is 96.0 Å². The van der Waals surface area contributed by atoms with E-state index in [0.29, 0.717) is 25.0 Å². The van der Waals surface area contributed by atoms with Gasteiger partial charge in [-0.15, -0.1) is 0 Å². The van der Waals surface area contributed by atoms with Crippen LogP contribution in [0, 0.1) is 5.92 Å². The number of likely N-dealkylation sites (tertiary alicyclic amines) is 2. The van der Waals surface area contributed by atoms with Gasteiger partial charge in [0.1, 0.15) is 30.2 Å². The van der Waals surface area contributed by atoms with Gasteiger partial charge in [0.15, 0.2) is 11.7 Å². The predicted molar refractivity (Wildman–Crippen MR) is 226 cm³/mol. The molecule has 13 N–H and O–H groups in total. The number of rotatable bonds is 22. The molecular weight excluding hydrogens is 825 g/mol. The van der Waals surface area contributed by atoms with Crippen molar-refractivity contribution in [3.8, 4) is 5.75 Å². The second-order valence-corrected chi connectivity index (χ2v) is 15.5. The van der Waals surface area contributed by atoms with Crippen molar-refractivity contribution in [1.82, 2.24) is 35.7 Å². The molecule has 344 valence electrons. The van der Waals surface area contributed by atoms with Crippen LogP contribution in [0.3, 0.4) is 0 Å². The van der Waals surface area contributed by atoms with Crippen LogP contribution in [0.5, 0.6) is 5.75 Å². The number of hydrogen-bond acceptors (Lipinski definition) is 12. The number of para-hydroxylation sites is 1. The SMILES string of the molecule is CCC(C)[C@H](NC(=O)c1cccc(NC(=O)[C@@H]2CCCN2C(=O)[C@H](CCCN=C(N)N)NC(=O)[C@@H](N)CC(=O)O)c1OC)C(=O)N[C@@H](Cc1cnc[nH]1)C(=O)N1CCC[C@H]1C(=O)O. The third-order valence-corrected chi connectivity index (χ3v) is 11.0. The van der Waals surface area contributed by atoms with Crippen LogP contribution in [0.25, 0.3) is 0 Å². The summed E-state index contributed by atoms with van der Waals surface area (Å²) in [6.07, 6.45) is 4.34. The number of nitrogens with zero attached hydrogens (tertiary/aromatic N) is 4. The van der Waals surface area contributed by atoms with Gasteiger partial charge in [0, 0.05) is 37.9 Å². The monoisotopic (exact) mass is 882 g/mol. The Morgan fingerprint density at radius 1 is 0.952 bits per heavy atom. The Hall–Kier alpha value is -6.78. The van der Waals surface area contributed by atoms with E-state index in [1.54, 1.807) is 6.92 Å². The molecule has 0 bridgehead atoms. The molecule has 1 aromatic carbocycles. The summed E-state index contributed by atoms with van der Waals surface area (Å²) in [5, 5.41) is 29.6. The molecule has 2 aliphatic heterocycles. The highest BCUT2D eigenvalue weighted by Gasteiger charge is 2.41. The molecule has 2 aliphatic rings. The molecule has 63 heavy (non-hydrogen) atoms. The minimum atomic E-state index is -1.44. The highest BCUT2D eigenvalue weighted by atomic mass is 16.5. The van der Waals surface area contributed by atoms with Gasteiger partial charge in [-0.05, 0) is 56.6 Å². The first-order valence-electron chi connectivity index (χ1n) is 20.7. The largest absolute Gasteiger partial charge is 0.494 e. The van der Waals surface area contributed by atoms with Crippen LogP contribution in [-0.2, 0) is 40.0 Å². The third-order valence-electron chi connectivity index (χ3n) is 11.0. The summed E-state index contributed by atoms with van der Waals surface area (Å²) in [7, 11) is 1.28. The lowest BCUT2D eigenvalue weighted by atomic mass is 9.97. The third kappa shape index (κ3) is 13.1. The Morgan fingerprint density at radius 3 is 2.21 bits per heavy atom. The summed E-state index contributed by atoms with van der Waals surface area (Å²) in [5.74, 6) is -7.28. The number of carbonyl (C=O) groups is 8. The van der Waals surface area contributed by atoms with E-state index in [2.05, 4.69) is 36.2 Å². The molecule has 0 aliphatic carbocycles. The highest BCUT2D eigenvalue weighted by Crippen LogP contribution is 2.31. The number of nitrogens with one attached hydrogen (secondary N) is 5. The number of ether oxygens (including phenoxy) is 1. The smallest absolute Gasteiger partial charge is 0.326 e. The number of aromatic amines is 1. The summed E-state index contributed by atoms with van der Waals surface area (Å²) in [6.45, 7) is 4.04. The van der Waals surface area contributed by atoms with Gasteiger partial charge in [0.25, 0.3) is 5.91 Å². The van der Waals surface area contributed by atoms with Crippen molar-refractivity contribution in [3.63, 3.8) is 0 Å². The van der Waals surface area contributed by atoms with Gasteiger partial charge in [-0.2, -0.15) is 0 Å². The van der Waals surface area contributed by atoms with Gasteiger partial charge in [-0.25, -0.2) is 9.78 Å². The van der Waals surface area contributed by atoms with Gasteiger partial charge in [-0.3, -0.25) is 38.6 Å². The Balaban J connectivity index is 1.53. The van der Waals surface area contributed by atoms with E-state index >= 15 is 0 Å². The summed E-state index contributed by atoms with van der Waals surface area (Å²) in [5.41, 5.74) is 17.1. The van der Waals surface area contributed by atoms with Gasteiger partial charge in [0.2, 0.25) is 29.5 Å². The number of guanidine groups is 1. The van der Waals surface area contributed by atoms with E-state index in [0.717, 1.165) is 0 Å². The molecule has 23 heteroatoms. The summed E-state index contributed by atoms with van der Waals surface area (Å²) in [6, 6.07) is -2.68. The average Bonchev–Trinajstić information content (AvgIpc) is 4.05. The number of H-pyrrole nitrogens is 1. The van der Waals surface area contributed by atoms with Gasteiger partial charge >= 0.3 is 11.9 Å². The minimum absolute atomic E-state index is 0.0240. The standard InChI is InChI=1S/C40H58N12O11/c1-4-21(2)31(36(58)49-27(17-22-19-44-20-46-22)38(60)52-16-8-13-29(52)39(61)62)50-33(55)23-9-5-10-25(32(23)63-3)47-35(57)28-12-7-15-51(28)37(59)26(11-6-14-45-40(42)43)48-34(56)24(41)18-30(53)54/h5,9-10,19-21,24,26-29,31H,4,6-8,11-18,41H2,1-3H3,(H,44,46)(H,47,57)(H,48,56)(H,49,58)(H,50,55)(H,53,54)(H,61,62)(H4,42,43,45)/t21?,24-,26-,27-,28-,29-,31-/m0/s1. The number of aliphatic imine (C=N–C) groups is 1. The number of amides is 6. The Kier molecular flexibility index (Phi) is 17.8. The number of anilines is 1. The van der Waals surface area contributed by atoms with E-state index in [-0.39, 0.29) is 74.7 Å². The zero-order valence-electron chi connectivity index (χ0n) is 35.5. The maximum Gasteiger partial charge on any atom is 0.326 e. The van der Waals surface area contributed by atoms with E-state index in [4.69, 9.17) is 27.0 Å². The van der Waals surface area contributed by atoms with Crippen molar-refractivity contribution in [1.29, 1.82) is 0 Å². The van der Waals surface area contributed by atoms with E-state index in [1.165, 1.54) is 47.6 Å². The molecule has 0 spiro atoms. The fourth-order valence-electron chi connectivity index (χ4n) is 7.56. The lowest BCUT2D eigenvalue weighted by Crippen LogP contribution is -2.57. The molecule has 6 amide bonds. The summed E-state index contributed by atoms with van der Waals surface area (Å²) < 4.78 is 5.62. The highest BCUT2D eigenvalue weighted by molar-refractivity contribution is 6.05. The number of aromatic nitrogens is 2. The molecule has 1 aromatic heterocycles. The molecular formula is C40H58N12O11. The maximum absolute atomic E-state index is 14.0. The van der Waals surface area contributed by atoms with Crippen molar-refractivity contribution in [2.45, 2.75) is 108 Å². The number of nitrogens with two attached hydrogens (primary N) is 3. The number of methoxy groups -OCH3 is 1. The fraction of sp³-hybridized carbons (Fsp3) is 0.550. The first-order chi connectivity index (χ1) is 30.0. The molecule has 7 atom stereocenters. The Morgan fingerprint density at radius 2 is 1.60 bits per heavy atom. The second kappa shape index (κ2) is 22.9. The van der Waals surface area contributed by atoms with Crippen LogP contribution in [0.15, 0.2) is 35.7 Å². The molecule has 0 radical (unpaired) electrons. The molecule has 2 saturated heterocycles. The normalized spacial score (nSPS) is 18.2. The van der Waals surface area contributed by atoms with Gasteiger partial charge in [-0.1, -0.05) is 26.3 Å². The van der Waals surface area contributed by atoms with E-state index in [9.17, 15) is 43.5 Å². The number of imidazole rings is 1. The predicted octanol–water partition coefficient (Wildman–Crippen LogP) is -1.36. The van der Waals surface area contributed by atoms with Crippen LogP contribution in [0.2, 0.25) is 0 Å². The number of carbonyl (C=O) groups excluding carboxylic acids is 6. The van der Waals surface area contributed by atoms with Crippen LogP contribution < -0.4 is 43.2 Å². The first kappa shape index (κ1) is 48.9. The van der Waals surface area contributed by atoms with Crippen molar-refractivity contribution < 1.29 is 53.3 Å². The van der Waals surface area contributed by atoms with Crippen LogP contribution in [-0.4, -0.2) is 146 Å². The van der Waals surface area contributed by atoms with Crippen molar-refractivity contribution in [2.75, 3.05) is 32.1 Å². The fourth-order valence-corrected chi connectivity index (χ4v) is 7.56. The summed E-state index contributed by atoms with van der Waals surface area (Å²) in [4.78, 5) is 119. The summed E-state index contributed by atoms with van der Waals surface area (Å²) >= 11 is 0. The molecule has 23 nitrogen and oxygen atoms in total. The van der Waals surface area contributed by atoms with Crippen molar-refractivity contribution in [3.05, 3.63) is 42.0 Å². The molecule has 2 aromatic rings. The molecule has 3 heterocycles. The number of carboxylic acids is 2. The van der Waals surface area contributed by atoms with E-state index in [1.807, 2.05) is 6.92 Å². The lowest BCUT2D eigenvalue weighted by molar-refractivity contribution is -0.149. The van der Waals surface area contributed by atoms with Crippen LogP contribution in [0.1, 0.15) is 81.3 Å². The van der Waals surface area contributed by atoms with Crippen molar-refractivity contribution in [2.24, 2.45) is 28.1 Å². The molecule has 4 rings (SSSR count). The zero-order valence-corrected chi connectivity index (χ0v) is 35.5. The van der Waals surface area contributed by atoms with Crippen molar-refractivity contribution >= 4 is 59.0 Å². The first-order valence-corrected chi connectivity index (χ1v) is 20.7. The minimum Gasteiger partial charge on any atom is -0.494 e. The zero-order chi connectivity index (χ0) is 46.4. The number of hydrogen-bond donors (Lipinski definition) is 10. The second-order valence-electron chi connectivity index (χ2n) is 15.5. The molecule has 1 unspecified atom stereocenters. The lowest BCUT2D eigenvalue weighted by Gasteiger charge is -2.30. The molecule has 2 fully saturated rings. The van der Waals surface area contributed by atoms with Crippen LogP contribution >= 0.6 is 0 Å². The number of benzene rings is 1. The number of carboxylic acid groups (broad SMARTS) is 2. The van der Waals surface area contributed by atoms with Gasteiger partial charge in [0.05, 0.1) is 37.2 Å². The van der Waals surface area contributed by atoms with Gasteiger partial charge < -0.3 is 68.2 Å². The van der Waals surface area contributed by atoms with Crippen LogP contribution in [0.4, 0.5) is 5.69 Å². The topological polar surface area (TPSA) is 360 Å². The maximum atomic E-state index is 14.0.